The molecule has 5 rings (SSSR count). The molecule has 2 atom stereocenters. The van der Waals surface area contributed by atoms with Crippen molar-refractivity contribution in [2.45, 2.75) is 60.8 Å². The monoisotopic (exact) mass is 479 g/mol. The highest BCUT2D eigenvalue weighted by Gasteiger charge is 2.51. The smallest absolute Gasteiger partial charge is 0.253 e. The fourth-order valence-corrected chi connectivity index (χ4v) is 6.11. The van der Waals surface area contributed by atoms with Gasteiger partial charge in [0.05, 0.1) is 0 Å². The van der Waals surface area contributed by atoms with E-state index in [4.69, 9.17) is 0 Å². The van der Waals surface area contributed by atoms with Crippen LogP contribution in [-0.2, 0) is 11.2 Å². The van der Waals surface area contributed by atoms with Gasteiger partial charge in [-0.2, -0.15) is 0 Å². The molecule has 0 spiro atoms. The Morgan fingerprint density at radius 2 is 1.71 bits per heavy atom. The van der Waals surface area contributed by atoms with Crippen LogP contribution in [0, 0.1) is 22.7 Å². The zero-order valence-corrected chi connectivity index (χ0v) is 22.8. The fraction of sp³-hybridized carbons (Fsp3) is 0.667. The zero-order valence-electron chi connectivity index (χ0n) is 22.8. The summed E-state index contributed by atoms with van der Waals surface area (Å²) in [4.78, 5) is 32.8. The molecule has 192 valence electrons. The SMILES string of the molecule is CCc1ccc(C(=O)N2CCN(CCN(CC3=CCC4CC3C4(C)C)C(=O)C(C)(C)C)CC2)cc1. The first-order chi connectivity index (χ1) is 16.5. The summed E-state index contributed by atoms with van der Waals surface area (Å²) in [6, 6.07) is 8.01. The lowest BCUT2D eigenvalue weighted by molar-refractivity contribution is -0.139. The summed E-state index contributed by atoms with van der Waals surface area (Å²) >= 11 is 0. The van der Waals surface area contributed by atoms with Crippen molar-refractivity contribution in [1.29, 1.82) is 0 Å². The first kappa shape index (κ1) is 25.9. The van der Waals surface area contributed by atoms with Crippen LogP contribution >= 0.6 is 0 Å². The lowest BCUT2D eigenvalue weighted by Crippen LogP contribution is -2.53. The Bertz CT molecular complexity index is 949. The number of allylic oxidation sites excluding steroid dienone is 1. The second-order valence-corrected chi connectivity index (χ2v) is 12.5. The highest BCUT2D eigenvalue weighted by atomic mass is 16.2. The van der Waals surface area contributed by atoms with Crippen molar-refractivity contribution in [3.8, 4) is 0 Å². The number of piperazine rings is 1. The minimum atomic E-state index is -0.384. The van der Waals surface area contributed by atoms with Crippen LogP contribution in [0.4, 0.5) is 0 Å². The van der Waals surface area contributed by atoms with E-state index < -0.39 is 0 Å². The van der Waals surface area contributed by atoms with Gasteiger partial charge in [-0.1, -0.05) is 65.3 Å². The third-order valence-corrected chi connectivity index (χ3v) is 8.84. The molecule has 0 N–H and O–H groups in total. The van der Waals surface area contributed by atoms with Crippen LogP contribution in [0.2, 0.25) is 0 Å². The molecule has 1 aromatic carbocycles. The van der Waals surface area contributed by atoms with Crippen LogP contribution in [-0.4, -0.2) is 72.3 Å². The summed E-state index contributed by atoms with van der Waals surface area (Å²) < 4.78 is 0. The van der Waals surface area contributed by atoms with Crippen LogP contribution in [0.3, 0.4) is 0 Å². The molecule has 1 saturated heterocycles. The van der Waals surface area contributed by atoms with Gasteiger partial charge in [0.1, 0.15) is 0 Å². The largest absolute Gasteiger partial charge is 0.337 e. The Hall–Kier alpha value is -2.14. The number of amides is 2. The van der Waals surface area contributed by atoms with Crippen molar-refractivity contribution in [2.24, 2.45) is 22.7 Å². The first-order valence-corrected chi connectivity index (χ1v) is 13.6. The molecule has 0 radical (unpaired) electrons. The van der Waals surface area contributed by atoms with Gasteiger partial charge >= 0.3 is 0 Å². The third-order valence-electron chi connectivity index (χ3n) is 8.84. The molecule has 35 heavy (non-hydrogen) atoms. The number of hydrogen-bond acceptors (Lipinski definition) is 3. The van der Waals surface area contributed by atoms with Gasteiger partial charge in [-0.05, 0) is 54.2 Å². The van der Waals surface area contributed by atoms with Crippen LogP contribution in [0.15, 0.2) is 35.9 Å². The van der Waals surface area contributed by atoms with E-state index in [2.05, 4.69) is 48.8 Å². The van der Waals surface area contributed by atoms with E-state index in [0.29, 0.717) is 11.3 Å². The van der Waals surface area contributed by atoms with Gasteiger partial charge in [-0.3, -0.25) is 14.5 Å². The summed E-state index contributed by atoms with van der Waals surface area (Å²) in [5.41, 5.74) is 3.50. The molecule has 3 aliphatic carbocycles. The normalized spacial score (nSPS) is 23.9. The van der Waals surface area contributed by atoms with Crippen molar-refractivity contribution >= 4 is 11.8 Å². The molecule has 5 nitrogen and oxygen atoms in total. The van der Waals surface area contributed by atoms with Gasteiger partial charge in [0.15, 0.2) is 0 Å². The molecule has 2 amide bonds. The first-order valence-electron chi connectivity index (χ1n) is 13.6. The molecular formula is C30H45N3O2. The molecular weight excluding hydrogens is 434 g/mol. The van der Waals surface area contributed by atoms with E-state index in [1.54, 1.807) is 0 Å². The van der Waals surface area contributed by atoms with E-state index >= 15 is 0 Å². The van der Waals surface area contributed by atoms with E-state index in [9.17, 15) is 9.59 Å². The number of aryl methyl sites for hydroxylation is 1. The minimum absolute atomic E-state index is 0.127. The zero-order chi connectivity index (χ0) is 25.4. The van der Waals surface area contributed by atoms with Crippen molar-refractivity contribution in [3.05, 3.63) is 47.0 Å². The molecule has 1 aliphatic heterocycles. The number of nitrogens with zero attached hydrogens (tertiary/aromatic N) is 3. The molecule has 2 unspecified atom stereocenters. The summed E-state index contributed by atoms with van der Waals surface area (Å²) in [7, 11) is 0. The molecule has 1 heterocycles. The van der Waals surface area contributed by atoms with Crippen LogP contribution < -0.4 is 0 Å². The highest BCUT2D eigenvalue weighted by molar-refractivity contribution is 5.94. The van der Waals surface area contributed by atoms with Crippen LogP contribution in [0.5, 0.6) is 0 Å². The second kappa shape index (κ2) is 10.1. The molecule has 5 heteroatoms. The standard InChI is InChI=1S/C30H45N3O2/c1-7-22-8-10-23(11-9-22)27(34)32-17-14-31(15-18-32)16-19-33(28(35)29(2,3)4)21-24-12-13-25-20-26(24)30(25,5)6/h8-12,25-26H,7,13-21H2,1-6H3. The summed E-state index contributed by atoms with van der Waals surface area (Å²) in [6.07, 6.45) is 5.85. The topological polar surface area (TPSA) is 43.9 Å². The van der Waals surface area contributed by atoms with Gasteiger partial charge in [-0.25, -0.2) is 0 Å². The second-order valence-electron chi connectivity index (χ2n) is 12.5. The Balaban J connectivity index is 1.32. The maximum absolute atomic E-state index is 13.4. The average Bonchev–Trinajstić information content (AvgIpc) is 2.85. The van der Waals surface area contributed by atoms with Gasteiger partial charge in [-0.15, -0.1) is 0 Å². The Morgan fingerprint density at radius 1 is 1.06 bits per heavy atom. The molecule has 2 fully saturated rings. The number of fused-ring (bicyclic) bond motifs is 1. The Morgan fingerprint density at radius 3 is 2.26 bits per heavy atom. The number of carbonyl (C=O) groups excluding carboxylic acids is 2. The third kappa shape index (κ3) is 5.50. The van der Waals surface area contributed by atoms with E-state index in [1.807, 2.05) is 37.8 Å². The van der Waals surface area contributed by atoms with E-state index in [-0.39, 0.29) is 17.2 Å². The maximum Gasteiger partial charge on any atom is 0.253 e. The Kier molecular flexibility index (Phi) is 7.47. The van der Waals surface area contributed by atoms with Crippen molar-refractivity contribution < 1.29 is 9.59 Å². The van der Waals surface area contributed by atoms with Crippen LogP contribution in [0.1, 0.15) is 70.3 Å². The van der Waals surface area contributed by atoms with Gasteiger partial charge in [0.25, 0.3) is 5.91 Å². The molecule has 2 bridgehead atoms. The maximum atomic E-state index is 13.4. The summed E-state index contributed by atoms with van der Waals surface area (Å²) in [5, 5.41) is 0. The number of rotatable bonds is 7. The van der Waals surface area contributed by atoms with Crippen molar-refractivity contribution in [2.75, 3.05) is 45.8 Å². The Labute approximate surface area is 212 Å². The fourth-order valence-electron chi connectivity index (χ4n) is 6.11. The van der Waals surface area contributed by atoms with Crippen molar-refractivity contribution in [1.82, 2.24) is 14.7 Å². The molecule has 0 aromatic heterocycles. The summed E-state index contributed by atoms with van der Waals surface area (Å²) in [6.45, 7) is 18.6. The van der Waals surface area contributed by atoms with Gasteiger partial charge in [0, 0.05) is 56.8 Å². The quantitative estimate of drug-likeness (QED) is 0.524. The lowest BCUT2D eigenvalue weighted by atomic mass is 9.49. The highest BCUT2D eigenvalue weighted by Crippen LogP contribution is 2.59. The average molecular weight is 480 g/mol. The minimum Gasteiger partial charge on any atom is -0.337 e. The van der Waals surface area contributed by atoms with Gasteiger partial charge in [0.2, 0.25) is 5.91 Å². The predicted molar refractivity (Wildman–Crippen MR) is 142 cm³/mol. The molecule has 4 aliphatic rings. The lowest BCUT2D eigenvalue weighted by Gasteiger charge is -2.57. The van der Waals surface area contributed by atoms with Crippen LogP contribution in [0.25, 0.3) is 0 Å². The summed E-state index contributed by atoms with van der Waals surface area (Å²) in [5.74, 6) is 1.80. The molecule has 1 aromatic rings. The number of benzene rings is 1. The van der Waals surface area contributed by atoms with Crippen molar-refractivity contribution in [3.63, 3.8) is 0 Å². The molecule has 1 saturated carbocycles. The predicted octanol–water partition coefficient (Wildman–Crippen LogP) is 4.87. The van der Waals surface area contributed by atoms with E-state index in [0.717, 1.165) is 70.1 Å². The number of carbonyl (C=O) groups is 2. The van der Waals surface area contributed by atoms with E-state index in [1.165, 1.54) is 17.6 Å². The number of hydrogen-bond donors (Lipinski definition) is 0. The van der Waals surface area contributed by atoms with Gasteiger partial charge < -0.3 is 9.80 Å².